The van der Waals surface area contributed by atoms with Gasteiger partial charge in [-0.15, -0.1) is 0 Å². The normalized spacial score (nSPS) is 12.0. The fraction of sp³-hybridized carbons (Fsp3) is 0.474. The summed E-state index contributed by atoms with van der Waals surface area (Å²) in [5.41, 5.74) is 3.62. The number of aromatic nitrogens is 2. The van der Waals surface area contributed by atoms with Crippen LogP contribution in [-0.4, -0.2) is 48.0 Å². The fourth-order valence-electron chi connectivity index (χ4n) is 2.80. The lowest BCUT2D eigenvalue weighted by Gasteiger charge is -2.21. The van der Waals surface area contributed by atoms with Gasteiger partial charge >= 0.3 is 0 Å². The summed E-state index contributed by atoms with van der Waals surface area (Å²) in [6.07, 6.45) is 0.697. The van der Waals surface area contributed by atoms with Crippen LogP contribution < -0.4 is 5.32 Å². The minimum atomic E-state index is -3.55. The summed E-state index contributed by atoms with van der Waals surface area (Å²) >= 11 is 0. The molecule has 1 aromatic carbocycles. The molecule has 0 aliphatic carbocycles. The highest BCUT2D eigenvalue weighted by molar-refractivity contribution is 7.89. The van der Waals surface area contributed by atoms with E-state index in [1.165, 1.54) is 28.6 Å². The quantitative estimate of drug-likeness (QED) is 0.781. The molecule has 0 unspecified atom stereocenters. The number of aryl methyl sites for hydroxylation is 2. The number of amides is 1. The zero-order valence-corrected chi connectivity index (χ0v) is 17.6. The molecular formula is C19H28N4O3S. The topological polar surface area (TPSA) is 84.3 Å². The molecule has 0 radical (unpaired) electrons. The summed E-state index contributed by atoms with van der Waals surface area (Å²) in [6, 6.07) is 5.88. The van der Waals surface area contributed by atoms with E-state index < -0.39 is 10.0 Å². The zero-order valence-electron chi connectivity index (χ0n) is 16.8. The number of carbonyl (C=O) groups is 1. The summed E-state index contributed by atoms with van der Waals surface area (Å²) in [5.74, 6) is -0.227. The van der Waals surface area contributed by atoms with Crippen molar-refractivity contribution in [1.29, 1.82) is 0 Å². The van der Waals surface area contributed by atoms with Gasteiger partial charge in [-0.2, -0.15) is 9.40 Å². The minimum absolute atomic E-state index is 0.141. The molecule has 0 aliphatic rings. The van der Waals surface area contributed by atoms with E-state index in [0.717, 1.165) is 17.0 Å². The lowest BCUT2D eigenvalue weighted by Crippen LogP contribution is -2.33. The van der Waals surface area contributed by atoms with Gasteiger partial charge < -0.3 is 5.32 Å². The first-order valence-corrected chi connectivity index (χ1v) is 10.3. The highest BCUT2D eigenvalue weighted by atomic mass is 32.2. The minimum Gasteiger partial charge on any atom is -0.352 e. The molecule has 148 valence electrons. The van der Waals surface area contributed by atoms with Crippen molar-refractivity contribution >= 4 is 15.9 Å². The predicted molar refractivity (Wildman–Crippen MR) is 105 cm³/mol. The van der Waals surface area contributed by atoms with Gasteiger partial charge in [0.25, 0.3) is 5.91 Å². The molecule has 0 spiro atoms. The zero-order chi connectivity index (χ0) is 20.4. The van der Waals surface area contributed by atoms with Crippen LogP contribution in [0.25, 0.3) is 0 Å². The third kappa shape index (κ3) is 4.56. The summed E-state index contributed by atoms with van der Waals surface area (Å²) in [5, 5.41) is 7.24. The molecule has 8 heteroatoms. The molecule has 1 heterocycles. The molecule has 0 bridgehead atoms. The van der Waals surface area contributed by atoms with Gasteiger partial charge in [0.1, 0.15) is 0 Å². The van der Waals surface area contributed by atoms with Crippen LogP contribution in [0.5, 0.6) is 0 Å². The summed E-state index contributed by atoms with van der Waals surface area (Å²) in [4.78, 5) is 12.5. The van der Waals surface area contributed by atoms with Crippen molar-refractivity contribution in [1.82, 2.24) is 19.4 Å². The van der Waals surface area contributed by atoms with Gasteiger partial charge in [-0.3, -0.25) is 9.48 Å². The number of nitrogens with one attached hydrogen (secondary N) is 1. The first-order chi connectivity index (χ1) is 12.6. The molecule has 1 amide bonds. The van der Waals surface area contributed by atoms with Crippen molar-refractivity contribution < 1.29 is 13.2 Å². The first kappa shape index (κ1) is 21.1. The predicted octanol–water partition coefficient (Wildman–Crippen LogP) is 2.04. The monoisotopic (exact) mass is 392 g/mol. The van der Waals surface area contributed by atoms with Gasteiger partial charge in [0.15, 0.2) is 0 Å². The number of sulfonamides is 1. The van der Waals surface area contributed by atoms with Gasteiger partial charge in [0.05, 0.1) is 10.6 Å². The smallest absolute Gasteiger partial charge is 0.251 e. The Hall–Kier alpha value is -2.19. The highest BCUT2D eigenvalue weighted by Gasteiger charge is 2.23. The van der Waals surface area contributed by atoms with E-state index in [0.29, 0.717) is 18.5 Å². The Kier molecular flexibility index (Phi) is 6.43. The molecule has 7 nitrogen and oxygen atoms in total. The standard InChI is InChI=1S/C19H28N4O3S/c1-13(2)23(6)27(25,26)17-9-7-16(8-10-17)19(24)20-12-11-18-14(3)21-22(5)15(18)4/h7-10,13H,11-12H2,1-6H3,(H,20,24). The molecule has 0 atom stereocenters. The van der Waals surface area contributed by atoms with Crippen LogP contribution in [-0.2, 0) is 23.5 Å². The Morgan fingerprint density at radius 3 is 2.30 bits per heavy atom. The highest BCUT2D eigenvalue weighted by Crippen LogP contribution is 2.17. The number of nitrogens with zero attached hydrogens (tertiary/aromatic N) is 3. The average molecular weight is 393 g/mol. The summed E-state index contributed by atoms with van der Waals surface area (Å²) in [7, 11) is -0.104. The first-order valence-electron chi connectivity index (χ1n) is 8.91. The third-order valence-corrected chi connectivity index (χ3v) is 6.89. The van der Waals surface area contributed by atoms with Crippen molar-refractivity contribution in [2.75, 3.05) is 13.6 Å². The van der Waals surface area contributed by atoms with Crippen LogP contribution in [0.1, 0.15) is 41.2 Å². The van der Waals surface area contributed by atoms with E-state index in [2.05, 4.69) is 10.4 Å². The van der Waals surface area contributed by atoms with E-state index in [1.54, 1.807) is 7.05 Å². The molecule has 0 fully saturated rings. The number of hydrogen-bond donors (Lipinski definition) is 1. The maximum absolute atomic E-state index is 12.5. The average Bonchev–Trinajstić information content (AvgIpc) is 2.86. The van der Waals surface area contributed by atoms with Crippen molar-refractivity contribution in [3.63, 3.8) is 0 Å². The van der Waals surface area contributed by atoms with E-state index in [4.69, 9.17) is 0 Å². The molecule has 2 rings (SSSR count). The SMILES string of the molecule is Cc1nn(C)c(C)c1CCNC(=O)c1ccc(S(=O)(=O)N(C)C(C)C)cc1. The fourth-order valence-corrected chi connectivity index (χ4v) is 4.17. The molecule has 1 N–H and O–H groups in total. The maximum Gasteiger partial charge on any atom is 0.251 e. The second-order valence-electron chi connectivity index (χ2n) is 6.92. The van der Waals surface area contributed by atoms with Crippen LogP contribution in [0.15, 0.2) is 29.2 Å². The molecular weight excluding hydrogens is 364 g/mol. The molecule has 0 aliphatic heterocycles. The number of rotatable bonds is 7. The molecule has 0 saturated carbocycles. The summed E-state index contributed by atoms with van der Waals surface area (Å²) in [6.45, 7) is 8.07. The number of benzene rings is 1. The Labute approximate surface area is 161 Å². The molecule has 1 aromatic heterocycles. The van der Waals surface area contributed by atoms with Crippen molar-refractivity contribution in [3.05, 3.63) is 46.8 Å². The van der Waals surface area contributed by atoms with E-state index in [9.17, 15) is 13.2 Å². The molecule has 27 heavy (non-hydrogen) atoms. The van der Waals surface area contributed by atoms with Gasteiger partial charge in [0, 0.05) is 37.9 Å². The van der Waals surface area contributed by atoms with E-state index in [1.807, 2.05) is 39.4 Å². The van der Waals surface area contributed by atoms with Crippen LogP contribution in [0, 0.1) is 13.8 Å². The maximum atomic E-state index is 12.5. The largest absolute Gasteiger partial charge is 0.352 e. The van der Waals surface area contributed by atoms with Gasteiger partial charge in [0.2, 0.25) is 10.0 Å². The molecule has 2 aromatic rings. The Balaban J connectivity index is 2.01. The van der Waals surface area contributed by atoms with E-state index >= 15 is 0 Å². The number of hydrogen-bond acceptors (Lipinski definition) is 4. The number of carbonyl (C=O) groups excluding carboxylic acids is 1. The Morgan fingerprint density at radius 2 is 1.81 bits per heavy atom. The van der Waals surface area contributed by atoms with Crippen molar-refractivity contribution in [3.8, 4) is 0 Å². The van der Waals surface area contributed by atoms with Gasteiger partial charge in [-0.1, -0.05) is 0 Å². The van der Waals surface area contributed by atoms with Crippen LogP contribution in [0.3, 0.4) is 0 Å². The van der Waals surface area contributed by atoms with Crippen molar-refractivity contribution in [2.24, 2.45) is 7.05 Å². The third-order valence-electron chi connectivity index (χ3n) is 4.84. The van der Waals surface area contributed by atoms with Crippen LogP contribution in [0.4, 0.5) is 0 Å². The second kappa shape index (κ2) is 8.22. The summed E-state index contributed by atoms with van der Waals surface area (Å²) < 4.78 is 28.1. The van der Waals surface area contributed by atoms with Crippen LogP contribution in [0.2, 0.25) is 0 Å². The van der Waals surface area contributed by atoms with Crippen LogP contribution >= 0.6 is 0 Å². The lowest BCUT2D eigenvalue weighted by atomic mass is 10.1. The van der Waals surface area contributed by atoms with Crippen molar-refractivity contribution in [2.45, 2.75) is 45.1 Å². The Bertz CT molecular complexity index is 915. The second-order valence-corrected chi connectivity index (χ2v) is 8.92. The molecule has 0 saturated heterocycles. The lowest BCUT2D eigenvalue weighted by molar-refractivity contribution is 0.0954. The van der Waals surface area contributed by atoms with Gasteiger partial charge in [-0.05, 0) is 63.9 Å². The Morgan fingerprint density at radius 1 is 1.22 bits per heavy atom. The van der Waals surface area contributed by atoms with Gasteiger partial charge in [-0.25, -0.2) is 8.42 Å². The van der Waals surface area contributed by atoms with E-state index in [-0.39, 0.29) is 16.8 Å².